The molecule has 1 heteroatoms. The lowest BCUT2D eigenvalue weighted by atomic mass is 9.79. The molecule has 1 aliphatic rings. The first kappa shape index (κ1) is 7.07. The van der Waals surface area contributed by atoms with Crippen molar-refractivity contribution in [3.8, 4) is 0 Å². The highest BCUT2D eigenvalue weighted by atomic mass is 16.3. The molecule has 9 heavy (non-hydrogen) atoms. The van der Waals surface area contributed by atoms with Gasteiger partial charge in [-0.2, -0.15) is 0 Å². The molecule has 1 N–H and O–H groups in total. The zero-order chi connectivity index (χ0) is 7.12. The highest BCUT2D eigenvalue weighted by Crippen LogP contribution is 2.45. The molecule has 0 aliphatic heterocycles. The molecule has 1 rings (SSSR count). The zero-order valence-corrected chi connectivity index (χ0v) is 6.57. The highest BCUT2D eigenvalue weighted by molar-refractivity contribution is 4.94. The van der Waals surface area contributed by atoms with Gasteiger partial charge in [-0.1, -0.05) is 13.8 Å². The fourth-order valence-corrected chi connectivity index (χ4v) is 1.48. The van der Waals surface area contributed by atoms with E-state index in [0.29, 0.717) is 0 Å². The summed E-state index contributed by atoms with van der Waals surface area (Å²) in [6.07, 6.45) is 3.32. The van der Waals surface area contributed by atoms with Crippen molar-refractivity contribution in [2.24, 2.45) is 5.41 Å². The minimum atomic E-state index is -0.410. The molecule has 0 saturated heterocycles. The van der Waals surface area contributed by atoms with Crippen LogP contribution in [0.4, 0.5) is 0 Å². The fourth-order valence-electron chi connectivity index (χ4n) is 1.48. The summed E-state index contributed by atoms with van der Waals surface area (Å²) in [4.78, 5) is 0. The monoisotopic (exact) mass is 128 g/mol. The van der Waals surface area contributed by atoms with Crippen LogP contribution in [-0.2, 0) is 0 Å². The average molecular weight is 128 g/mol. The van der Waals surface area contributed by atoms with Gasteiger partial charge in [-0.3, -0.25) is 0 Å². The molecular formula is C8H16O. The molecule has 0 bridgehead atoms. The molecule has 1 aliphatic carbocycles. The number of hydrogen-bond donors (Lipinski definition) is 1. The van der Waals surface area contributed by atoms with Gasteiger partial charge in [0.15, 0.2) is 0 Å². The van der Waals surface area contributed by atoms with Crippen molar-refractivity contribution in [2.75, 3.05) is 0 Å². The summed E-state index contributed by atoms with van der Waals surface area (Å²) in [6, 6.07) is 0. The molecular weight excluding hydrogens is 112 g/mol. The van der Waals surface area contributed by atoms with Gasteiger partial charge in [-0.25, -0.2) is 0 Å². The van der Waals surface area contributed by atoms with E-state index in [2.05, 4.69) is 13.8 Å². The van der Waals surface area contributed by atoms with Gasteiger partial charge in [0.2, 0.25) is 0 Å². The molecule has 54 valence electrons. The first-order valence-corrected chi connectivity index (χ1v) is 3.68. The molecule has 0 aromatic rings. The molecule has 1 fully saturated rings. The molecule has 0 spiro atoms. The maximum absolute atomic E-state index is 9.72. The molecule has 1 nitrogen and oxygen atoms in total. The summed E-state index contributed by atoms with van der Waals surface area (Å²) in [5, 5.41) is 9.72. The topological polar surface area (TPSA) is 20.2 Å². The first-order valence-electron chi connectivity index (χ1n) is 3.68. The third kappa shape index (κ3) is 0.983. The summed E-state index contributed by atoms with van der Waals surface area (Å²) in [5.74, 6) is 0. The van der Waals surface area contributed by atoms with Gasteiger partial charge in [-0.15, -0.1) is 0 Å². The van der Waals surface area contributed by atoms with Crippen molar-refractivity contribution in [3.05, 3.63) is 0 Å². The standard InChI is InChI=1S/C8H16O/c1-7(2)5-4-6-8(7,3)9/h9H,4-6H2,1-3H3/t8-/m0/s1. The van der Waals surface area contributed by atoms with E-state index in [1.165, 1.54) is 12.8 Å². The third-order valence-electron chi connectivity index (χ3n) is 2.92. The Morgan fingerprint density at radius 2 is 1.67 bits per heavy atom. The Kier molecular flexibility index (Phi) is 1.35. The van der Waals surface area contributed by atoms with Gasteiger partial charge in [0, 0.05) is 0 Å². The average Bonchev–Trinajstić information content (AvgIpc) is 1.81. The number of rotatable bonds is 0. The third-order valence-corrected chi connectivity index (χ3v) is 2.92. The van der Waals surface area contributed by atoms with Crippen molar-refractivity contribution in [3.63, 3.8) is 0 Å². The predicted octanol–water partition coefficient (Wildman–Crippen LogP) is 1.95. The zero-order valence-electron chi connectivity index (χ0n) is 6.57. The lowest BCUT2D eigenvalue weighted by Gasteiger charge is -2.32. The summed E-state index contributed by atoms with van der Waals surface area (Å²) in [5.41, 5.74) is -0.264. The van der Waals surface area contributed by atoms with E-state index >= 15 is 0 Å². The lowest BCUT2D eigenvalue weighted by Crippen LogP contribution is -2.35. The number of aliphatic hydroxyl groups is 1. The van der Waals surface area contributed by atoms with Crippen molar-refractivity contribution in [1.82, 2.24) is 0 Å². The Balaban J connectivity index is 2.75. The molecule has 1 saturated carbocycles. The van der Waals surface area contributed by atoms with Crippen LogP contribution in [0.1, 0.15) is 40.0 Å². The Morgan fingerprint density at radius 3 is 1.78 bits per heavy atom. The van der Waals surface area contributed by atoms with Crippen LogP contribution in [0.2, 0.25) is 0 Å². The Bertz CT molecular complexity index is 99.7. The molecule has 0 radical (unpaired) electrons. The molecule has 0 heterocycles. The van der Waals surface area contributed by atoms with Gasteiger partial charge < -0.3 is 5.11 Å². The van der Waals surface area contributed by atoms with Crippen molar-refractivity contribution in [1.29, 1.82) is 0 Å². The first-order chi connectivity index (χ1) is 3.96. The summed E-state index contributed by atoms with van der Waals surface area (Å²) >= 11 is 0. The second kappa shape index (κ2) is 1.72. The second-order valence-electron chi connectivity index (χ2n) is 4.01. The van der Waals surface area contributed by atoms with E-state index in [9.17, 15) is 5.11 Å². The van der Waals surface area contributed by atoms with Gasteiger partial charge in [-0.05, 0) is 31.6 Å². The Hall–Kier alpha value is -0.0400. The van der Waals surface area contributed by atoms with Crippen LogP contribution in [0.25, 0.3) is 0 Å². The minimum Gasteiger partial charge on any atom is -0.390 e. The highest BCUT2D eigenvalue weighted by Gasteiger charge is 2.43. The van der Waals surface area contributed by atoms with Crippen LogP contribution < -0.4 is 0 Å². The largest absolute Gasteiger partial charge is 0.390 e. The van der Waals surface area contributed by atoms with Crippen LogP contribution in [0, 0.1) is 5.41 Å². The van der Waals surface area contributed by atoms with E-state index in [4.69, 9.17) is 0 Å². The smallest absolute Gasteiger partial charge is 0.0670 e. The second-order valence-corrected chi connectivity index (χ2v) is 4.01. The molecule has 0 aromatic heterocycles. The summed E-state index contributed by atoms with van der Waals surface area (Å²) in [7, 11) is 0. The Morgan fingerprint density at radius 1 is 1.11 bits per heavy atom. The fraction of sp³-hybridized carbons (Fsp3) is 1.00. The van der Waals surface area contributed by atoms with Crippen LogP contribution in [0.5, 0.6) is 0 Å². The molecule has 0 aromatic carbocycles. The van der Waals surface area contributed by atoms with Gasteiger partial charge in [0.1, 0.15) is 0 Å². The summed E-state index contributed by atoms with van der Waals surface area (Å²) in [6.45, 7) is 6.22. The van der Waals surface area contributed by atoms with Crippen molar-refractivity contribution >= 4 is 0 Å². The van der Waals surface area contributed by atoms with Gasteiger partial charge in [0.05, 0.1) is 5.60 Å². The predicted molar refractivity (Wildman–Crippen MR) is 38.3 cm³/mol. The van der Waals surface area contributed by atoms with E-state index in [0.717, 1.165) is 6.42 Å². The van der Waals surface area contributed by atoms with E-state index in [1.807, 2.05) is 6.92 Å². The maximum Gasteiger partial charge on any atom is 0.0670 e. The van der Waals surface area contributed by atoms with Crippen LogP contribution in [-0.4, -0.2) is 10.7 Å². The van der Waals surface area contributed by atoms with Crippen LogP contribution >= 0.6 is 0 Å². The maximum atomic E-state index is 9.72. The van der Waals surface area contributed by atoms with E-state index < -0.39 is 5.60 Å². The van der Waals surface area contributed by atoms with Crippen LogP contribution in [0.3, 0.4) is 0 Å². The van der Waals surface area contributed by atoms with Crippen molar-refractivity contribution in [2.45, 2.75) is 45.6 Å². The van der Waals surface area contributed by atoms with Crippen molar-refractivity contribution < 1.29 is 5.11 Å². The Labute approximate surface area is 57.1 Å². The van der Waals surface area contributed by atoms with Gasteiger partial charge in [0.25, 0.3) is 0 Å². The normalized spacial score (nSPS) is 41.3. The molecule has 1 atom stereocenters. The quantitative estimate of drug-likeness (QED) is 0.528. The SMILES string of the molecule is CC1(C)CCC[C@]1(C)O. The molecule has 0 unspecified atom stereocenters. The van der Waals surface area contributed by atoms with Gasteiger partial charge >= 0.3 is 0 Å². The molecule has 0 amide bonds. The lowest BCUT2D eigenvalue weighted by molar-refractivity contribution is -0.0251. The number of hydrogen-bond acceptors (Lipinski definition) is 1. The minimum absolute atomic E-state index is 0.146. The van der Waals surface area contributed by atoms with E-state index in [1.54, 1.807) is 0 Å². The van der Waals surface area contributed by atoms with Crippen LogP contribution in [0.15, 0.2) is 0 Å². The van der Waals surface area contributed by atoms with E-state index in [-0.39, 0.29) is 5.41 Å². The summed E-state index contributed by atoms with van der Waals surface area (Å²) < 4.78 is 0.